The van der Waals surface area contributed by atoms with Crippen molar-refractivity contribution < 1.29 is 9.47 Å². The first-order chi connectivity index (χ1) is 8.54. The zero-order valence-corrected chi connectivity index (χ0v) is 12.0. The van der Waals surface area contributed by atoms with Gasteiger partial charge in [0.05, 0.1) is 19.8 Å². The summed E-state index contributed by atoms with van der Waals surface area (Å²) in [5.41, 5.74) is 11.4. The minimum atomic E-state index is 0.0435. The van der Waals surface area contributed by atoms with E-state index in [0.29, 0.717) is 19.8 Å². The highest BCUT2D eigenvalue weighted by Crippen LogP contribution is 2.17. The van der Waals surface area contributed by atoms with E-state index in [4.69, 9.17) is 15.2 Å². The summed E-state index contributed by atoms with van der Waals surface area (Å²) in [4.78, 5) is 0. The maximum absolute atomic E-state index is 6.10. The quantitative estimate of drug-likeness (QED) is 0.755. The Morgan fingerprint density at radius 1 is 1.11 bits per heavy atom. The SMILES string of the molecule is COCCOCC(N)Cc1c(C)cc(C)cc1C. The van der Waals surface area contributed by atoms with Crippen LogP contribution < -0.4 is 5.73 Å². The molecule has 3 heteroatoms. The van der Waals surface area contributed by atoms with E-state index in [1.54, 1.807) is 7.11 Å². The van der Waals surface area contributed by atoms with Crippen molar-refractivity contribution in [3.63, 3.8) is 0 Å². The first-order valence-corrected chi connectivity index (χ1v) is 6.43. The number of benzene rings is 1. The van der Waals surface area contributed by atoms with E-state index < -0.39 is 0 Å². The zero-order valence-electron chi connectivity index (χ0n) is 12.0. The average Bonchev–Trinajstić information content (AvgIpc) is 2.29. The van der Waals surface area contributed by atoms with Gasteiger partial charge in [-0.2, -0.15) is 0 Å². The molecule has 0 aromatic heterocycles. The van der Waals surface area contributed by atoms with Crippen molar-refractivity contribution in [2.45, 2.75) is 33.2 Å². The summed E-state index contributed by atoms with van der Waals surface area (Å²) in [5, 5.41) is 0. The molecule has 0 spiro atoms. The van der Waals surface area contributed by atoms with E-state index in [-0.39, 0.29) is 6.04 Å². The summed E-state index contributed by atoms with van der Waals surface area (Å²) in [6, 6.07) is 4.46. The van der Waals surface area contributed by atoms with E-state index in [1.165, 1.54) is 22.3 Å². The number of methoxy groups -OCH3 is 1. The van der Waals surface area contributed by atoms with Crippen molar-refractivity contribution in [2.75, 3.05) is 26.9 Å². The molecule has 0 aliphatic heterocycles. The highest BCUT2D eigenvalue weighted by Gasteiger charge is 2.09. The molecule has 0 saturated carbocycles. The standard InChI is InChI=1S/C15H25NO2/c1-11-7-12(2)15(13(3)8-11)9-14(16)10-18-6-5-17-4/h7-8,14H,5-6,9-10,16H2,1-4H3. The highest BCUT2D eigenvalue weighted by molar-refractivity contribution is 5.37. The lowest BCUT2D eigenvalue weighted by molar-refractivity contribution is 0.0636. The maximum Gasteiger partial charge on any atom is 0.0701 e. The van der Waals surface area contributed by atoms with Crippen molar-refractivity contribution in [3.05, 3.63) is 34.4 Å². The average molecular weight is 251 g/mol. The lowest BCUT2D eigenvalue weighted by Crippen LogP contribution is -2.30. The predicted molar refractivity (Wildman–Crippen MR) is 75.0 cm³/mol. The Morgan fingerprint density at radius 3 is 2.28 bits per heavy atom. The van der Waals surface area contributed by atoms with Crippen LogP contribution in [0.5, 0.6) is 0 Å². The van der Waals surface area contributed by atoms with E-state index >= 15 is 0 Å². The molecule has 0 aliphatic carbocycles. The molecular formula is C15H25NO2. The second-order valence-electron chi connectivity index (χ2n) is 4.91. The van der Waals surface area contributed by atoms with Gasteiger partial charge in [-0.15, -0.1) is 0 Å². The molecule has 18 heavy (non-hydrogen) atoms. The Kier molecular flexibility index (Phi) is 6.33. The number of nitrogens with two attached hydrogens (primary N) is 1. The van der Waals surface area contributed by atoms with Crippen LogP contribution in [0.2, 0.25) is 0 Å². The van der Waals surface area contributed by atoms with Crippen molar-refractivity contribution >= 4 is 0 Å². The Morgan fingerprint density at radius 2 is 1.72 bits per heavy atom. The first-order valence-electron chi connectivity index (χ1n) is 6.43. The van der Waals surface area contributed by atoms with Gasteiger partial charge < -0.3 is 15.2 Å². The lowest BCUT2D eigenvalue weighted by Gasteiger charge is -2.16. The van der Waals surface area contributed by atoms with Crippen LogP contribution in [-0.2, 0) is 15.9 Å². The van der Waals surface area contributed by atoms with Crippen LogP contribution in [0.1, 0.15) is 22.3 Å². The van der Waals surface area contributed by atoms with E-state index in [0.717, 1.165) is 6.42 Å². The van der Waals surface area contributed by atoms with Crippen molar-refractivity contribution in [3.8, 4) is 0 Å². The molecule has 1 aromatic rings. The van der Waals surface area contributed by atoms with Crippen LogP contribution in [0.4, 0.5) is 0 Å². The zero-order chi connectivity index (χ0) is 13.5. The number of aryl methyl sites for hydroxylation is 3. The van der Waals surface area contributed by atoms with Gasteiger partial charge in [-0.3, -0.25) is 0 Å². The molecule has 0 heterocycles. The van der Waals surface area contributed by atoms with Gasteiger partial charge in [-0.1, -0.05) is 17.7 Å². The molecular weight excluding hydrogens is 226 g/mol. The summed E-state index contributed by atoms with van der Waals surface area (Å²) >= 11 is 0. The van der Waals surface area contributed by atoms with Gasteiger partial charge in [-0.05, 0) is 43.9 Å². The van der Waals surface area contributed by atoms with Crippen LogP contribution in [0.3, 0.4) is 0 Å². The van der Waals surface area contributed by atoms with Gasteiger partial charge in [0.1, 0.15) is 0 Å². The van der Waals surface area contributed by atoms with Gasteiger partial charge in [0.15, 0.2) is 0 Å². The minimum absolute atomic E-state index is 0.0435. The smallest absolute Gasteiger partial charge is 0.0701 e. The first kappa shape index (κ1) is 15.2. The van der Waals surface area contributed by atoms with Gasteiger partial charge >= 0.3 is 0 Å². The molecule has 102 valence electrons. The van der Waals surface area contributed by atoms with Gasteiger partial charge in [0.25, 0.3) is 0 Å². The van der Waals surface area contributed by atoms with Crippen LogP contribution >= 0.6 is 0 Å². The largest absolute Gasteiger partial charge is 0.382 e. The summed E-state index contributed by atoms with van der Waals surface area (Å²) in [5.74, 6) is 0. The molecule has 0 saturated heterocycles. The number of hydrogen-bond donors (Lipinski definition) is 1. The molecule has 0 radical (unpaired) electrons. The molecule has 0 bridgehead atoms. The van der Waals surface area contributed by atoms with E-state index in [1.807, 2.05) is 0 Å². The molecule has 3 nitrogen and oxygen atoms in total. The topological polar surface area (TPSA) is 44.5 Å². The molecule has 0 aliphatic rings. The molecule has 2 N–H and O–H groups in total. The molecule has 1 aromatic carbocycles. The van der Waals surface area contributed by atoms with Gasteiger partial charge in [0.2, 0.25) is 0 Å². The third-order valence-corrected chi connectivity index (χ3v) is 3.07. The Bertz CT molecular complexity index is 354. The maximum atomic E-state index is 6.10. The number of rotatable bonds is 7. The third kappa shape index (κ3) is 4.77. The fraction of sp³-hybridized carbons (Fsp3) is 0.600. The van der Waals surface area contributed by atoms with Gasteiger partial charge in [-0.25, -0.2) is 0 Å². The Hall–Kier alpha value is -0.900. The van der Waals surface area contributed by atoms with Crippen LogP contribution in [-0.4, -0.2) is 33.0 Å². The summed E-state index contributed by atoms with van der Waals surface area (Å²) in [6.45, 7) is 8.22. The number of ether oxygens (including phenoxy) is 2. The summed E-state index contributed by atoms with van der Waals surface area (Å²) in [7, 11) is 1.67. The van der Waals surface area contributed by atoms with Crippen LogP contribution in [0.15, 0.2) is 12.1 Å². The van der Waals surface area contributed by atoms with Crippen LogP contribution in [0, 0.1) is 20.8 Å². The summed E-state index contributed by atoms with van der Waals surface area (Å²) in [6.07, 6.45) is 0.866. The predicted octanol–water partition coefficient (Wildman–Crippen LogP) is 2.14. The molecule has 1 atom stereocenters. The van der Waals surface area contributed by atoms with Crippen molar-refractivity contribution in [1.82, 2.24) is 0 Å². The van der Waals surface area contributed by atoms with Crippen molar-refractivity contribution in [1.29, 1.82) is 0 Å². The normalized spacial score (nSPS) is 12.7. The van der Waals surface area contributed by atoms with E-state index in [9.17, 15) is 0 Å². The monoisotopic (exact) mass is 251 g/mol. The van der Waals surface area contributed by atoms with E-state index in [2.05, 4.69) is 32.9 Å². The Labute approximate surface area is 110 Å². The number of hydrogen-bond acceptors (Lipinski definition) is 3. The second kappa shape index (κ2) is 7.52. The van der Waals surface area contributed by atoms with Crippen molar-refractivity contribution in [2.24, 2.45) is 5.73 Å². The minimum Gasteiger partial charge on any atom is -0.382 e. The van der Waals surface area contributed by atoms with Gasteiger partial charge in [0, 0.05) is 13.2 Å². The fourth-order valence-corrected chi connectivity index (χ4v) is 2.23. The fourth-order valence-electron chi connectivity index (χ4n) is 2.23. The van der Waals surface area contributed by atoms with Crippen LogP contribution in [0.25, 0.3) is 0 Å². The third-order valence-electron chi connectivity index (χ3n) is 3.07. The molecule has 0 amide bonds. The molecule has 1 unspecified atom stereocenters. The lowest BCUT2D eigenvalue weighted by atomic mass is 9.95. The second-order valence-corrected chi connectivity index (χ2v) is 4.91. The summed E-state index contributed by atoms with van der Waals surface area (Å²) < 4.78 is 10.4. The Balaban J connectivity index is 2.51. The molecule has 0 fully saturated rings. The highest BCUT2D eigenvalue weighted by atomic mass is 16.5. The molecule has 1 rings (SSSR count).